The van der Waals surface area contributed by atoms with Crippen LogP contribution in [0.1, 0.15) is 15.9 Å². The highest BCUT2D eigenvalue weighted by Crippen LogP contribution is 2.17. The topological polar surface area (TPSA) is 77.5 Å². The minimum atomic E-state index is -1.10. The summed E-state index contributed by atoms with van der Waals surface area (Å²) >= 11 is 0. The Morgan fingerprint density at radius 1 is 1.24 bits per heavy atom. The van der Waals surface area contributed by atoms with Gasteiger partial charge in [0, 0.05) is 24.2 Å². The number of nitrogens with one attached hydrogen (secondary N) is 1. The van der Waals surface area contributed by atoms with Crippen LogP contribution in [0.3, 0.4) is 0 Å². The van der Waals surface area contributed by atoms with Crippen molar-refractivity contribution in [3.63, 3.8) is 0 Å². The fraction of sp³-hybridized carbons (Fsp3) is 0.235. The van der Waals surface area contributed by atoms with Gasteiger partial charge in [0.15, 0.2) is 0 Å². The lowest BCUT2D eigenvalue weighted by Gasteiger charge is -2.17. The van der Waals surface area contributed by atoms with Crippen molar-refractivity contribution < 1.29 is 27.8 Å². The third-order valence-corrected chi connectivity index (χ3v) is 3.43. The summed E-state index contributed by atoms with van der Waals surface area (Å²) in [5, 5.41) is 2.38. The average Bonchev–Trinajstić information content (AvgIpc) is 2.60. The molecule has 0 spiro atoms. The van der Waals surface area contributed by atoms with Gasteiger partial charge in [0.1, 0.15) is 17.7 Å². The summed E-state index contributed by atoms with van der Waals surface area (Å²) in [6, 6.07) is 4.76. The van der Waals surface area contributed by atoms with E-state index in [1.807, 2.05) is 0 Å². The molecule has 0 fully saturated rings. The van der Waals surface area contributed by atoms with Crippen molar-refractivity contribution in [1.29, 1.82) is 0 Å². The van der Waals surface area contributed by atoms with Crippen molar-refractivity contribution in [2.24, 2.45) is 0 Å². The Morgan fingerprint density at radius 2 is 2.00 bits per heavy atom. The fourth-order valence-corrected chi connectivity index (χ4v) is 2.23. The summed E-state index contributed by atoms with van der Waals surface area (Å²) in [5.74, 6) is -3.13. The van der Waals surface area contributed by atoms with Crippen LogP contribution in [-0.2, 0) is 16.0 Å². The molecule has 8 heteroatoms. The van der Waals surface area contributed by atoms with Crippen LogP contribution in [-0.4, -0.2) is 37.1 Å². The van der Waals surface area contributed by atoms with Gasteiger partial charge in [0.2, 0.25) is 5.88 Å². The number of esters is 1. The van der Waals surface area contributed by atoms with Crippen molar-refractivity contribution in [2.75, 3.05) is 14.2 Å². The number of carbonyl (C=O) groups is 2. The molecule has 2 aromatic rings. The first kappa shape index (κ1) is 18.3. The average molecular weight is 350 g/mol. The number of aromatic nitrogens is 1. The van der Waals surface area contributed by atoms with E-state index in [1.54, 1.807) is 12.1 Å². The summed E-state index contributed by atoms with van der Waals surface area (Å²) in [7, 11) is 2.59. The third kappa shape index (κ3) is 4.50. The zero-order chi connectivity index (χ0) is 18.4. The van der Waals surface area contributed by atoms with Crippen LogP contribution in [0.2, 0.25) is 0 Å². The lowest BCUT2D eigenvalue weighted by atomic mass is 10.1. The number of hydrogen-bond acceptors (Lipinski definition) is 5. The van der Waals surface area contributed by atoms with Crippen LogP contribution >= 0.6 is 0 Å². The van der Waals surface area contributed by atoms with Crippen LogP contribution in [0.4, 0.5) is 8.78 Å². The van der Waals surface area contributed by atoms with Crippen molar-refractivity contribution in [2.45, 2.75) is 12.5 Å². The van der Waals surface area contributed by atoms with E-state index in [4.69, 9.17) is 4.74 Å². The van der Waals surface area contributed by atoms with Gasteiger partial charge >= 0.3 is 5.97 Å². The van der Waals surface area contributed by atoms with Gasteiger partial charge in [-0.15, -0.1) is 0 Å². The molecule has 1 amide bonds. The minimum absolute atomic E-state index is 0.0260. The Kier molecular flexibility index (Phi) is 5.99. The molecule has 0 aliphatic rings. The molecule has 1 aromatic heterocycles. The maximum atomic E-state index is 13.7. The highest BCUT2D eigenvalue weighted by molar-refractivity contribution is 5.97. The first-order valence-electron chi connectivity index (χ1n) is 7.28. The van der Waals surface area contributed by atoms with E-state index in [9.17, 15) is 18.4 Å². The van der Waals surface area contributed by atoms with Gasteiger partial charge in [-0.1, -0.05) is 6.07 Å². The van der Waals surface area contributed by atoms with E-state index in [1.165, 1.54) is 20.4 Å². The number of hydrogen-bond donors (Lipinski definition) is 1. The molecule has 1 N–H and O–H groups in total. The Morgan fingerprint density at radius 3 is 2.64 bits per heavy atom. The smallest absolute Gasteiger partial charge is 0.328 e. The molecule has 1 aromatic carbocycles. The van der Waals surface area contributed by atoms with Gasteiger partial charge in [0.05, 0.1) is 19.8 Å². The first-order chi connectivity index (χ1) is 12.0. The fourth-order valence-electron chi connectivity index (χ4n) is 2.23. The number of halogens is 2. The summed E-state index contributed by atoms with van der Waals surface area (Å²) in [5.41, 5.74) is 0.175. The van der Waals surface area contributed by atoms with Crippen molar-refractivity contribution in [3.05, 3.63) is 59.3 Å². The molecule has 0 aliphatic heterocycles. The van der Waals surface area contributed by atoms with Crippen LogP contribution in [0.5, 0.6) is 5.88 Å². The lowest BCUT2D eigenvalue weighted by molar-refractivity contribution is -0.142. The van der Waals surface area contributed by atoms with Crippen molar-refractivity contribution >= 4 is 11.9 Å². The molecule has 0 aliphatic carbocycles. The molecule has 0 saturated heterocycles. The molecule has 25 heavy (non-hydrogen) atoms. The number of rotatable bonds is 6. The quantitative estimate of drug-likeness (QED) is 0.805. The monoisotopic (exact) mass is 350 g/mol. The third-order valence-electron chi connectivity index (χ3n) is 3.43. The molecular weight excluding hydrogens is 334 g/mol. The number of pyridine rings is 1. The highest BCUT2D eigenvalue weighted by atomic mass is 19.1. The van der Waals surface area contributed by atoms with E-state index in [2.05, 4.69) is 15.0 Å². The zero-order valence-electron chi connectivity index (χ0n) is 13.6. The molecule has 0 radical (unpaired) electrons. The second kappa shape index (κ2) is 8.18. The highest BCUT2D eigenvalue weighted by Gasteiger charge is 2.25. The molecular formula is C17H16F2N2O4. The zero-order valence-corrected chi connectivity index (χ0v) is 13.6. The molecule has 6 nitrogen and oxygen atoms in total. The number of methoxy groups -OCH3 is 2. The van der Waals surface area contributed by atoms with E-state index in [0.717, 1.165) is 12.1 Å². The number of ether oxygens (including phenoxy) is 2. The van der Waals surface area contributed by atoms with Crippen LogP contribution in [0, 0.1) is 11.6 Å². The van der Waals surface area contributed by atoms with Gasteiger partial charge in [-0.2, -0.15) is 0 Å². The molecule has 1 heterocycles. The van der Waals surface area contributed by atoms with Gasteiger partial charge in [0.25, 0.3) is 5.91 Å². The number of nitrogens with zero attached hydrogens (tertiary/aromatic N) is 1. The lowest BCUT2D eigenvalue weighted by Crippen LogP contribution is -2.43. The van der Waals surface area contributed by atoms with Gasteiger partial charge < -0.3 is 14.8 Å². The maximum absolute atomic E-state index is 13.7. The van der Waals surface area contributed by atoms with Crippen LogP contribution in [0.15, 0.2) is 36.5 Å². The Labute approximate surface area is 142 Å². The SMILES string of the molecule is COC(=O)[C@@H](Cc1cccnc1OC)NC(=O)c1ccc(F)cc1F. The van der Waals surface area contributed by atoms with Gasteiger partial charge in [-0.05, 0) is 18.2 Å². The summed E-state index contributed by atoms with van der Waals surface area (Å²) < 4.78 is 36.5. The predicted molar refractivity (Wildman–Crippen MR) is 84.1 cm³/mol. The predicted octanol–water partition coefficient (Wildman–Crippen LogP) is 1.88. The maximum Gasteiger partial charge on any atom is 0.328 e. The minimum Gasteiger partial charge on any atom is -0.481 e. The Bertz CT molecular complexity index is 783. The van der Waals surface area contributed by atoms with E-state index in [-0.39, 0.29) is 12.0 Å². The Hall–Kier alpha value is -3.03. The summed E-state index contributed by atoms with van der Waals surface area (Å²) in [6.07, 6.45) is 1.54. The van der Waals surface area contributed by atoms with Gasteiger partial charge in [-0.3, -0.25) is 4.79 Å². The van der Waals surface area contributed by atoms with E-state index >= 15 is 0 Å². The largest absolute Gasteiger partial charge is 0.481 e. The number of carbonyl (C=O) groups excluding carboxylic acids is 2. The second-order valence-corrected chi connectivity index (χ2v) is 5.05. The van der Waals surface area contributed by atoms with Crippen LogP contribution < -0.4 is 10.1 Å². The molecule has 1 atom stereocenters. The molecule has 0 bridgehead atoms. The standard InChI is InChI=1S/C17H16F2N2O4/c1-24-16-10(4-3-7-20-16)8-14(17(23)25-2)21-15(22)12-6-5-11(18)9-13(12)19/h3-7,9,14H,8H2,1-2H3,(H,21,22)/t14-/m1/s1. The van der Waals surface area contributed by atoms with Gasteiger partial charge in [-0.25, -0.2) is 18.6 Å². The van der Waals surface area contributed by atoms with Crippen molar-refractivity contribution in [1.82, 2.24) is 10.3 Å². The number of benzene rings is 1. The first-order valence-corrected chi connectivity index (χ1v) is 7.28. The molecule has 132 valence electrons. The normalized spacial score (nSPS) is 11.5. The molecule has 0 unspecified atom stereocenters. The molecule has 0 saturated carbocycles. The molecule has 2 rings (SSSR count). The number of amides is 1. The summed E-state index contributed by atoms with van der Waals surface area (Å²) in [6.45, 7) is 0. The van der Waals surface area contributed by atoms with Crippen molar-refractivity contribution in [3.8, 4) is 5.88 Å². The Balaban J connectivity index is 2.23. The van der Waals surface area contributed by atoms with E-state index < -0.39 is 29.6 Å². The second-order valence-electron chi connectivity index (χ2n) is 5.05. The van der Waals surface area contributed by atoms with Crippen LogP contribution in [0.25, 0.3) is 0 Å². The summed E-state index contributed by atoms with van der Waals surface area (Å²) in [4.78, 5) is 28.2. The van der Waals surface area contributed by atoms with E-state index in [0.29, 0.717) is 17.5 Å².